The Morgan fingerprint density at radius 2 is 1.94 bits per heavy atom. The number of pyridine rings is 1. The molecule has 0 fully saturated rings. The van der Waals surface area contributed by atoms with Crippen LogP contribution in [0.2, 0.25) is 0 Å². The molecule has 0 radical (unpaired) electrons. The Hall–Kier alpha value is -3.70. The lowest BCUT2D eigenvalue weighted by molar-refractivity contribution is -0.144. The van der Waals surface area contributed by atoms with Gasteiger partial charge in [0.2, 0.25) is 5.60 Å². The first-order valence-corrected chi connectivity index (χ1v) is 11.9. The summed E-state index contributed by atoms with van der Waals surface area (Å²) in [5, 5.41) is 29.3. The molecule has 3 heterocycles. The van der Waals surface area contributed by atoms with Gasteiger partial charge in [-0.2, -0.15) is 0 Å². The Kier molecular flexibility index (Phi) is 7.71. The van der Waals surface area contributed by atoms with Gasteiger partial charge >= 0.3 is 7.12 Å². The zero-order valence-corrected chi connectivity index (χ0v) is 20.3. The predicted molar refractivity (Wildman–Crippen MR) is 135 cm³/mol. The fraction of sp³-hybridized carbons (Fsp3) is 0.360. The second kappa shape index (κ2) is 10.9. The minimum Gasteiger partial charge on any atom is -0.426 e. The molecular weight excluding hydrogens is 461 g/mol. The lowest BCUT2D eigenvalue weighted by Gasteiger charge is -2.29. The van der Waals surface area contributed by atoms with E-state index in [0.717, 1.165) is 5.56 Å². The summed E-state index contributed by atoms with van der Waals surface area (Å²) in [6.45, 7) is 3.95. The van der Waals surface area contributed by atoms with Crippen LogP contribution in [-0.4, -0.2) is 62.2 Å². The smallest absolute Gasteiger partial charge is 0.426 e. The molecule has 0 aliphatic carbocycles. The number of nitrogens with one attached hydrogen (secondary N) is 2. The average molecular weight is 491 g/mol. The molecular formula is C25H30BN5O5. The molecule has 4 N–H and O–H groups in total. The minimum absolute atomic E-state index is 0.0891. The molecule has 2 amide bonds. The van der Waals surface area contributed by atoms with E-state index in [4.69, 9.17) is 4.84 Å². The van der Waals surface area contributed by atoms with Crippen molar-refractivity contribution in [2.45, 2.75) is 44.7 Å². The number of hydrogen-bond acceptors (Lipinski definition) is 7. The van der Waals surface area contributed by atoms with Gasteiger partial charge in [0.1, 0.15) is 11.3 Å². The normalized spacial score (nSPS) is 18.0. The van der Waals surface area contributed by atoms with Crippen LogP contribution in [0.1, 0.15) is 42.7 Å². The van der Waals surface area contributed by atoms with E-state index < -0.39 is 24.6 Å². The Morgan fingerprint density at radius 3 is 2.67 bits per heavy atom. The quantitative estimate of drug-likeness (QED) is 0.316. The van der Waals surface area contributed by atoms with Crippen molar-refractivity contribution in [1.29, 1.82) is 0 Å². The van der Waals surface area contributed by atoms with Crippen LogP contribution in [0.3, 0.4) is 0 Å². The van der Waals surface area contributed by atoms with Crippen molar-refractivity contribution in [2.24, 2.45) is 11.1 Å². The molecule has 2 atom stereocenters. The summed E-state index contributed by atoms with van der Waals surface area (Å²) >= 11 is 0. The molecule has 10 nitrogen and oxygen atoms in total. The fourth-order valence-corrected chi connectivity index (χ4v) is 4.33. The van der Waals surface area contributed by atoms with Crippen molar-refractivity contribution in [1.82, 2.24) is 20.0 Å². The van der Waals surface area contributed by atoms with Gasteiger partial charge in [0.25, 0.3) is 11.8 Å². The molecule has 4 rings (SSSR count). The van der Waals surface area contributed by atoms with E-state index in [2.05, 4.69) is 20.8 Å². The van der Waals surface area contributed by atoms with Gasteiger partial charge in [-0.1, -0.05) is 55.4 Å². The van der Waals surface area contributed by atoms with Crippen LogP contribution in [0, 0.1) is 5.92 Å². The highest BCUT2D eigenvalue weighted by atomic mass is 16.7. The van der Waals surface area contributed by atoms with Gasteiger partial charge in [0.05, 0.1) is 18.2 Å². The van der Waals surface area contributed by atoms with Gasteiger partial charge in [-0.3, -0.25) is 14.0 Å². The Balaban J connectivity index is 1.48. The number of hydrogen-bond donors (Lipinski definition) is 4. The lowest BCUT2D eigenvalue weighted by atomic mass is 9.74. The highest BCUT2D eigenvalue weighted by molar-refractivity contribution is 6.43. The summed E-state index contributed by atoms with van der Waals surface area (Å²) in [7, 11) is -1.71. The van der Waals surface area contributed by atoms with Crippen molar-refractivity contribution in [3.05, 3.63) is 72.2 Å². The number of imidazole rings is 1. The number of oxime groups is 1. The zero-order valence-electron chi connectivity index (χ0n) is 20.3. The molecule has 36 heavy (non-hydrogen) atoms. The molecule has 0 bridgehead atoms. The number of carbonyl (C=O) groups excluding carboxylic acids is 2. The second-order valence-corrected chi connectivity index (χ2v) is 9.45. The highest BCUT2D eigenvalue weighted by Crippen LogP contribution is 2.29. The summed E-state index contributed by atoms with van der Waals surface area (Å²) in [5.74, 6) is -1.52. The Morgan fingerprint density at radius 1 is 1.17 bits per heavy atom. The maximum absolute atomic E-state index is 13.5. The number of amides is 2. The summed E-state index contributed by atoms with van der Waals surface area (Å²) in [5.41, 5.74) is 1.06. The van der Waals surface area contributed by atoms with Gasteiger partial charge in [0, 0.05) is 25.2 Å². The number of carbonyl (C=O) groups is 2. The van der Waals surface area contributed by atoms with Crippen LogP contribution in [0.25, 0.3) is 5.65 Å². The summed E-state index contributed by atoms with van der Waals surface area (Å²) in [6, 6.07) is 14.6. The summed E-state index contributed by atoms with van der Waals surface area (Å²) in [4.78, 5) is 36.2. The lowest BCUT2D eigenvalue weighted by Crippen LogP contribution is -2.56. The van der Waals surface area contributed by atoms with E-state index in [1.54, 1.807) is 35.0 Å². The van der Waals surface area contributed by atoms with E-state index >= 15 is 0 Å². The zero-order chi connectivity index (χ0) is 25.7. The van der Waals surface area contributed by atoms with Gasteiger partial charge in [-0.05, 0) is 30.0 Å². The first kappa shape index (κ1) is 25.4. The highest BCUT2D eigenvalue weighted by Gasteiger charge is 2.48. The monoisotopic (exact) mass is 491 g/mol. The van der Waals surface area contributed by atoms with Gasteiger partial charge in [-0.25, -0.2) is 4.98 Å². The van der Waals surface area contributed by atoms with E-state index in [0.29, 0.717) is 23.5 Å². The van der Waals surface area contributed by atoms with Crippen molar-refractivity contribution in [3.8, 4) is 0 Å². The third-order valence-corrected chi connectivity index (χ3v) is 6.10. The fourth-order valence-electron chi connectivity index (χ4n) is 4.33. The Bertz CT molecular complexity index is 1250. The van der Waals surface area contributed by atoms with E-state index in [9.17, 15) is 19.6 Å². The van der Waals surface area contributed by atoms with Gasteiger partial charge < -0.3 is 25.5 Å². The van der Waals surface area contributed by atoms with Crippen molar-refractivity contribution in [3.63, 3.8) is 0 Å². The SMILES string of the molecule is CC(C)CC(NC(=O)C1(Cc2ccccc2)CC(CNC(=O)c2cccc3nccn23)=NO1)B(O)O. The Labute approximate surface area is 209 Å². The van der Waals surface area contributed by atoms with Crippen molar-refractivity contribution in [2.75, 3.05) is 6.54 Å². The standard InChI is InChI=1S/C25H30BN5O5/c1-17(2)13-21(26(34)35)29-24(33)25(14-18-7-4-3-5-8-18)15-19(30-36-25)16-28-23(32)20-9-6-10-22-27-11-12-31(20)22/h3-12,17,21,34-35H,13-16H2,1-2H3,(H,28,32)(H,29,33). The summed E-state index contributed by atoms with van der Waals surface area (Å²) < 4.78 is 1.69. The maximum Gasteiger partial charge on any atom is 0.475 e. The third-order valence-electron chi connectivity index (χ3n) is 6.10. The predicted octanol–water partition coefficient (Wildman–Crippen LogP) is 1.36. The molecule has 1 aliphatic rings. The van der Waals surface area contributed by atoms with Crippen molar-refractivity contribution >= 4 is 30.3 Å². The minimum atomic E-state index is -1.71. The molecule has 0 saturated carbocycles. The first-order chi connectivity index (χ1) is 17.3. The van der Waals surface area contributed by atoms with Crippen molar-refractivity contribution < 1.29 is 24.5 Å². The first-order valence-electron chi connectivity index (χ1n) is 11.9. The molecule has 11 heteroatoms. The van der Waals surface area contributed by atoms with Crippen LogP contribution in [0.4, 0.5) is 0 Å². The van der Waals surface area contributed by atoms with E-state index in [1.807, 2.05) is 44.2 Å². The topological polar surface area (TPSA) is 138 Å². The number of benzene rings is 1. The van der Waals surface area contributed by atoms with Crippen LogP contribution in [0.15, 0.2) is 66.1 Å². The molecule has 2 aromatic heterocycles. The molecule has 0 saturated heterocycles. The van der Waals surface area contributed by atoms with Crippen LogP contribution >= 0.6 is 0 Å². The third kappa shape index (κ3) is 5.75. The van der Waals surface area contributed by atoms with Crippen LogP contribution in [0.5, 0.6) is 0 Å². The van der Waals surface area contributed by atoms with E-state index in [-0.39, 0.29) is 31.2 Å². The number of aromatic nitrogens is 2. The average Bonchev–Trinajstić information content (AvgIpc) is 3.50. The molecule has 3 aromatic rings. The maximum atomic E-state index is 13.5. The second-order valence-electron chi connectivity index (χ2n) is 9.45. The van der Waals surface area contributed by atoms with E-state index in [1.165, 1.54) is 0 Å². The largest absolute Gasteiger partial charge is 0.475 e. The molecule has 188 valence electrons. The van der Waals surface area contributed by atoms with Crippen LogP contribution < -0.4 is 10.6 Å². The molecule has 2 unspecified atom stereocenters. The molecule has 1 aliphatic heterocycles. The summed E-state index contributed by atoms with van der Waals surface area (Å²) in [6.07, 6.45) is 4.07. The van der Waals surface area contributed by atoms with Crippen LogP contribution in [-0.2, 0) is 16.1 Å². The number of fused-ring (bicyclic) bond motifs is 1. The molecule has 1 aromatic carbocycles. The van der Waals surface area contributed by atoms with Gasteiger partial charge in [-0.15, -0.1) is 0 Å². The number of rotatable bonds is 10. The van der Waals surface area contributed by atoms with Gasteiger partial charge in [0.15, 0.2) is 0 Å². The molecule has 0 spiro atoms. The number of nitrogens with zero attached hydrogens (tertiary/aromatic N) is 3.